The Labute approximate surface area is 131 Å². The van der Waals surface area contributed by atoms with Crippen molar-refractivity contribution in [3.63, 3.8) is 0 Å². The fourth-order valence-electron chi connectivity index (χ4n) is 2.35. The van der Waals surface area contributed by atoms with E-state index in [1.807, 2.05) is 6.92 Å². The highest BCUT2D eigenvalue weighted by molar-refractivity contribution is 7.80. The average Bonchev–Trinajstić information content (AvgIpc) is 2.72. The Kier molecular flexibility index (Phi) is 5.74. The summed E-state index contributed by atoms with van der Waals surface area (Å²) in [6, 6.07) is 0. The number of anilines is 1. The first-order valence-corrected chi connectivity index (χ1v) is 8.54. The van der Waals surface area contributed by atoms with Gasteiger partial charge in [0.25, 0.3) is 0 Å². The summed E-state index contributed by atoms with van der Waals surface area (Å²) in [5.74, 6) is 0.878. The summed E-state index contributed by atoms with van der Waals surface area (Å²) in [7, 11) is 0. The van der Waals surface area contributed by atoms with Crippen LogP contribution in [0.1, 0.15) is 37.3 Å². The molecule has 0 unspecified atom stereocenters. The quantitative estimate of drug-likeness (QED) is 0.837. The van der Waals surface area contributed by atoms with E-state index in [1.165, 1.54) is 30.8 Å². The largest absolute Gasteiger partial charge is 0.363 e. The van der Waals surface area contributed by atoms with Gasteiger partial charge in [-0.3, -0.25) is 4.90 Å². The average molecular weight is 313 g/mol. The summed E-state index contributed by atoms with van der Waals surface area (Å²) in [5, 5.41) is 7.79. The molecule has 20 heavy (non-hydrogen) atoms. The second kappa shape index (κ2) is 7.33. The van der Waals surface area contributed by atoms with Crippen LogP contribution >= 0.6 is 23.6 Å². The van der Waals surface area contributed by atoms with E-state index in [9.17, 15) is 0 Å². The lowest BCUT2D eigenvalue weighted by molar-refractivity contribution is 0.186. The predicted molar refractivity (Wildman–Crippen MR) is 90.4 cm³/mol. The Balaban J connectivity index is 1.92. The van der Waals surface area contributed by atoms with E-state index < -0.39 is 0 Å². The summed E-state index contributed by atoms with van der Waals surface area (Å²) >= 11 is 6.91. The zero-order valence-corrected chi connectivity index (χ0v) is 14.2. The Morgan fingerprint density at radius 1 is 1.45 bits per heavy atom. The topological polar surface area (TPSA) is 40.2 Å². The molecule has 2 rings (SSSR count). The van der Waals surface area contributed by atoms with Crippen LogP contribution in [0.15, 0.2) is 0 Å². The molecule has 2 heterocycles. The van der Waals surface area contributed by atoms with E-state index in [0.29, 0.717) is 5.11 Å². The smallest absolute Gasteiger partial charge is 0.189 e. The van der Waals surface area contributed by atoms with Gasteiger partial charge in [0.15, 0.2) is 10.2 Å². The van der Waals surface area contributed by atoms with Gasteiger partial charge in [-0.1, -0.05) is 6.92 Å². The van der Waals surface area contributed by atoms with Crippen molar-refractivity contribution in [1.29, 1.82) is 0 Å². The molecule has 1 aliphatic heterocycles. The Bertz CT molecular complexity index is 450. The van der Waals surface area contributed by atoms with E-state index in [4.69, 9.17) is 12.2 Å². The fourth-order valence-corrected chi connectivity index (χ4v) is 3.67. The van der Waals surface area contributed by atoms with Crippen molar-refractivity contribution in [2.75, 3.05) is 25.0 Å². The first kappa shape index (κ1) is 15.7. The maximum atomic E-state index is 5.20. The second-order valence-electron chi connectivity index (χ2n) is 5.47. The lowest BCUT2D eigenvalue weighted by Crippen LogP contribution is -2.32. The van der Waals surface area contributed by atoms with E-state index in [-0.39, 0.29) is 0 Å². The third-order valence-corrected chi connectivity index (χ3v) is 5.00. The summed E-state index contributed by atoms with van der Waals surface area (Å²) in [6.45, 7) is 10.7. The third-order valence-electron chi connectivity index (χ3n) is 3.69. The number of piperidine rings is 1. The van der Waals surface area contributed by atoms with E-state index in [0.717, 1.165) is 29.8 Å². The Morgan fingerprint density at radius 3 is 2.80 bits per heavy atom. The SMILES string of the molecule is CCNC(=S)Nc1nc(C)c(CN2CCC(C)CC2)s1. The molecule has 0 atom stereocenters. The van der Waals surface area contributed by atoms with Crippen molar-refractivity contribution >= 4 is 33.8 Å². The number of aryl methyl sites for hydroxylation is 1. The molecule has 112 valence electrons. The van der Waals surface area contributed by atoms with Gasteiger partial charge < -0.3 is 10.6 Å². The minimum atomic E-state index is 0.652. The molecule has 1 aromatic rings. The monoisotopic (exact) mass is 312 g/mol. The number of rotatable bonds is 4. The van der Waals surface area contributed by atoms with Crippen LogP contribution in [0, 0.1) is 12.8 Å². The van der Waals surface area contributed by atoms with Crippen molar-refractivity contribution in [1.82, 2.24) is 15.2 Å². The molecule has 0 bridgehead atoms. The maximum absolute atomic E-state index is 5.20. The molecule has 6 heteroatoms. The standard InChI is InChI=1S/C14H24N4S2/c1-4-15-13(19)17-14-16-11(3)12(20-14)9-18-7-5-10(2)6-8-18/h10H,4-9H2,1-3H3,(H2,15,16,17,19). The minimum Gasteiger partial charge on any atom is -0.363 e. The summed E-state index contributed by atoms with van der Waals surface area (Å²) in [6.07, 6.45) is 2.63. The molecule has 0 radical (unpaired) electrons. The van der Waals surface area contributed by atoms with Crippen LogP contribution in [0.3, 0.4) is 0 Å². The summed E-state index contributed by atoms with van der Waals surface area (Å²) < 4.78 is 0. The second-order valence-corrected chi connectivity index (χ2v) is 6.96. The first-order chi connectivity index (χ1) is 9.58. The van der Waals surface area contributed by atoms with Crippen LogP contribution in [-0.4, -0.2) is 34.6 Å². The number of nitrogens with zero attached hydrogens (tertiary/aromatic N) is 2. The number of nitrogens with one attached hydrogen (secondary N) is 2. The molecule has 0 amide bonds. The molecule has 1 aliphatic rings. The molecule has 2 N–H and O–H groups in total. The van der Waals surface area contributed by atoms with Crippen LogP contribution in [0.25, 0.3) is 0 Å². The van der Waals surface area contributed by atoms with E-state index in [2.05, 4.69) is 34.4 Å². The highest BCUT2D eigenvalue weighted by atomic mass is 32.1. The van der Waals surface area contributed by atoms with Gasteiger partial charge in [-0.25, -0.2) is 4.98 Å². The zero-order valence-electron chi connectivity index (χ0n) is 12.5. The van der Waals surface area contributed by atoms with Crippen molar-refractivity contribution < 1.29 is 0 Å². The minimum absolute atomic E-state index is 0.652. The van der Waals surface area contributed by atoms with Crippen molar-refractivity contribution in [2.45, 2.75) is 40.2 Å². The number of hydrogen-bond donors (Lipinski definition) is 2. The maximum Gasteiger partial charge on any atom is 0.189 e. The predicted octanol–water partition coefficient (Wildman–Crippen LogP) is 2.99. The van der Waals surface area contributed by atoms with Gasteiger partial charge in [-0.05, 0) is 57.9 Å². The number of hydrogen-bond acceptors (Lipinski definition) is 4. The highest BCUT2D eigenvalue weighted by Gasteiger charge is 2.18. The Morgan fingerprint density at radius 2 is 2.15 bits per heavy atom. The molecular formula is C14H24N4S2. The van der Waals surface area contributed by atoms with Crippen LogP contribution in [0.2, 0.25) is 0 Å². The van der Waals surface area contributed by atoms with Gasteiger partial charge in [0.05, 0.1) is 5.69 Å². The van der Waals surface area contributed by atoms with Gasteiger partial charge in [0.1, 0.15) is 0 Å². The van der Waals surface area contributed by atoms with Gasteiger partial charge in [-0.15, -0.1) is 11.3 Å². The molecule has 1 fully saturated rings. The molecule has 1 saturated heterocycles. The molecule has 0 saturated carbocycles. The molecular weight excluding hydrogens is 288 g/mol. The molecule has 0 aliphatic carbocycles. The van der Waals surface area contributed by atoms with Crippen molar-refractivity contribution in [3.05, 3.63) is 10.6 Å². The van der Waals surface area contributed by atoms with Gasteiger partial charge in [-0.2, -0.15) is 0 Å². The lowest BCUT2D eigenvalue weighted by atomic mass is 9.99. The highest BCUT2D eigenvalue weighted by Crippen LogP contribution is 2.26. The number of likely N-dealkylation sites (tertiary alicyclic amines) is 1. The van der Waals surface area contributed by atoms with Crippen LogP contribution in [0.5, 0.6) is 0 Å². The molecule has 0 aromatic carbocycles. The summed E-state index contributed by atoms with van der Waals surface area (Å²) in [4.78, 5) is 8.45. The fraction of sp³-hybridized carbons (Fsp3) is 0.714. The molecule has 0 spiro atoms. The molecule has 1 aromatic heterocycles. The van der Waals surface area contributed by atoms with Crippen molar-refractivity contribution in [2.24, 2.45) is 5.92 Å². The zero-order chi connectivity index (χ0) is 14.5. The summed E-state index contributed by atoms with van der Waals surface area (Å²) in [5.41, 5.74) is 1.12. The lowest BCUT2D eigenvalue weighted by Gasteiger charge is -2.29. The van der Waals surface area contributed by atoms with Gasteiger partial charge in [0.2, 0.25) is 0 Å². The Hall–Kier alpha value is -0.720. The first-order valence-electron chi connectivity index (χ1n) is 7.32. The van der Waals surface area contributed by atoms with Crippen LogP contribution in [-0.2, 0) is 6.54 Å². The normalized spacial score (nSPS) is 17.1. The third kappa shape index (κ3) is 4.40. The van der Waals surface area contributed by atoms with Gasteiger partial charge >= 0.3 is 0 Å². The number of thiazole rings is 1. The number of aromatic nitrogens is 1. The van der Waals surface area contributed by atoms with Gasteiger partial charge in [0, 0.05) is 18.0 Å². The number of thiocarbonyl (C=S) groups is 1. The van der Waals surface area contributed by atoms with E-state index in [1.54, 1.807) is 11.3 Å². The van der Waals surface area contributed by atoms with Crippen LogP contribution < -0.4 is 10.6 Å². The molecule has 4 nitrogen and oxygen atoms in total. The van der Waals surface area contributed by atoms with Crippen molar-refractivity contribution in [3.8, 4) is 0 Å². The van der Waals surface area contributed by atoms with E-state index >= 15 is 0 Å². The van der Waals surface area contributed by atoms with Crippen LogP contribution in [0.4, 0.5) is 5.13 Å².